The maximum Gasteiger partial charge on any atom is 0.249 e. The van der Waals surface area contributed by atoms with Crippen molar-refractivity contribution in [3.8, 4) is 6.07 Å². The van der Waals surface area contributed by atoms with Crippen LogP contribution in [-0.4, -0.2) is 5.11 Å². The number of hydrogen-bond donors (Lipinski definition) is 2. The lowest BCUT2D eigenvalue weighted by Gasteiger charge is -2.13. The molecule has 1 aromatic carbocycles. The van der Waals surface area contributed by atoms with Crippen LogP contribution in [0.25, 0.3) is 0 Å². The zero-order chi connectivity index (χ0) is 10.8. The molecule has 0 bridgehead atoms. The molecular weight excluding hydrogens is 218 g/mol. The van der Waals surface area contributed by atoms with Gasteiger partial charge in [-0.2, -0.15) is 10.3 Å². The first-order valence-corrected chi connectivity index (χ1v) is 4.42. The third-order valence-corrected chi connectivity index (χ3v) is 2.04. The number of hydrogen-bond acceptors (Lipinski definition) is 5. The van der Waals surface area contributed by atoms with Crippen molar-refractivity contribution in [1.29, 1.82) is 5.26 Å². The summed E-state index contributed by atoms with van der Waals surface area (Å²) in [6.45, 7) is 0. The summed E-state index contributed by atoms with van der Waals surface area (Å²) in [4.78, 5) is 4.89. The summed E-state index contributed by atoms with van der Waals surface area (Å²) in [6.07, 6.45) is 0. The molecule has 0 saturated heterocycles. The first-order valence-electron chi connectivity index (χ1n) is 4.04. The summed E-state index contributed by atoms with van der Waals surface area (Å²) < 4.78 is 0. The van der Waals surface area contributed by atoms with Gasteiger partial charge in [0.25, 0.3) is 0 Å². The van der Waals surface area contributed by atoms with Crippen LogP contribution in [0.2, 0.25) is 5.02 Å². The van der Waals surface area contributed by atoms with E-state index in [1.807, 2.05) is 0 Å². The minimum Gasteiger partial charge on any atom is -0.491 e. The predicted octanol–water partition coefficient (Wildman–Crippen LogP) is 1.85. The lowest BCUT2D eigenvalue weighted by Crippen LogP contribution is -2.19. The van der Waals surface area contributed by atoms with Crippen molar-refractivity contribution in [3.63, 3.8) is 0 Å². The van der Waals surface area contributed by atoms with Crippen LogP contribution in [0.4, 0.5) is 5.69 Å². The number of aliphatic hydroxyl groups is 1. The molecule has 0 radical (unpaired) electrons. The molecule has 0 spiro atoms. The maximum absolute atomic E-state index is 9.24. The summed E-state index contributed by atoms with van der Waals surface area (Å²) in [5.74, 6) is -0.322. The highest BCUT2D eigenvalue weighted by Gasteiger charge is 2.25. The fourth-order valence-electron chi connectivity index (χ4n) is 1.16. The van der Waals surface area contributed by atoms with E-state index in [0.717, 1.165) is 5.06 Å². The van der Waals surface area contributed by atoms with Gasteiger partial charge in [0.15, 0.2) is 0 Å². The number of benzene rings is 1. The van der Waals surface area contributed by atoms with Crippen molar-refractivity contribution in [3.05, 3.63) is 40.9 Å². The van der Waals surface area contributed by atoms with Crippen LogP contribution in [0.5, 0.6) is 0 Å². The number of aliphatic hydroxyl groups excluding tert-OH is 1. The van der Waals surface area contributed by atoms with Crippen molar-refractivity contribution >= 4 is 17.3 Å². The zero-order valence-corrected chi connectivity index (χ0v) is 8.19. The molecule has 1 aliphatic rings. The fourth-order valence-corrected chi connectivity index (χ4v) is 1.35. The summed E-state index contributed by atoms with van der Waals surface area (Å²) in [5.41, 5.74) is 2.72. The molecule has 2 N–H and O–H groups in total. The van der Waals surface area contributed by atoms with E-state index in [-0.39, 0.29) is 11.6 Å². The van der Waals surface area contributed by atoms with Crippen LogP contribution < -0.4 is 10.5 Å². The molecule has 76 valence electrons. The summed E-state index contributed by atoms with van der Waals surface area (Å²) in [5, 5.41) is 19.7. The van der Waals surface area contributed by atoms with Crippen LogP contribution in [-0.2, 0) is 4.94 Å². The second-order valence-electron chi connectivity index (χ2n) is 2.78. The van der Waals surface area contributed by atoms with Crippen LogP contribution in [0.1, 0.15) is 0 Å². The van der Waals surface area contributed by atoms with Crippen LogP contribution in [0, 0.1) is 11.3 Å². The van der Waals surface area contributed by atoms with Gasteiger partial charge >= 0.3 is 0 Å². The Balaban J connectivity index is 2.38. The average Bonchev–Trinajstić information content (AvgIpc) is 2.59. The topological polar surface area (TPSA) is 68.5 Å². The number of nitriles is 1. The lowest BCUT2D eigenvalue weighted by molar-refractivity contribution is 0.0592. The highest BCUT2D eigenvalue weighted by molar-refractivity contribution is 6.30. The van der Waals surface area contributed by atoms with Gasteiger partial charge in [0.05, 0.1) is 5.69 Å². The lowest BCUT2D eigenvalue weighted by atomic mass is 10.3. The molecule has 0 saturated carbocycles. The van der Waals surface area contributed by atoms with E-state index < -0.39 is 0 Å². The SMILES string of the molecule is N#CC1=C(O)NON1c1cccc(Cl)c1. The van der Waals surface area contributed by atoms with Crippen LogP contribution in [0.15, 0.2) is 35.8 Å². The zero-order valence-electron chi connectivity index (χ0n) is 7.44. The monoisotopic (exact) mass is 223 g/mol. The third-order valence-electron chi connectivity index (χ3n) is 1.81. The first kappa shape index (κ1) is 9.65. The minimum absolute atomic E-state index is 0.0164. The van der Waals surface area contributed by atoms with E-state index in [1.165, 1.54) is 0 Å². The largest absolute Gasteiger partial charge is 0.491 e. The molecule has 5 nitrogen and oxygen atoms in total. The molecule has 0 atom stereocenters. The van der Waals surface area contributed by atoms with E-state index in [0.29, 0.717) is 10.7 Å². The Morgan fingerprint density at radius 1 is 1.53 bits per heavy atom. The minimum atomic E-state index is -0.322. The number of rotatable bonds is 1. The van der Waals surface area contributed by atoms with E-state index in [1.54, 1.807) is 30.3 Å². The van der Waals surface area contributed by atoms with Crippen molar-refractivity contribution < 1.29 is 10.0 Å². The standard InChI is InChI=1S/C9H6ClN3O2/c10-6-2-1-3-7(4-6)13-8(5-11)9(14)12-15-13/h1-4,12,14H. The second-order valence-corrected chi connectivity index (χ2v) is 3.21. The Bertz CT molecular complexity index is 467. The Hall–Kier alpha value is -1.90. The van der Waals surface area contributed by atoms with Gasteiger partial charge in [0.2, 0.25) is 11.6 Å². The number of allylic oxidation sites excluding steroid dienone is 1. The molecule has 15 heavy (non-hydrogen) atoms. The van der Waals surface area contributed by atoms with Gasteiger partial charge < -0.3 is 5.11 Å². The van der Waals surface area contributed by atoms with E-state index >= 15 is 0 Å². The normalized spacial score (nSPS) is 15.1. The summed E-state index contributed by atoms with van der Waals surface area (Å²) in [6, 6.07) is 8.53. The van der Waals surface area contributed by atoms with Crippen LogP contribution in [0.3, 0.4) is 0 Å². The molecule has 1 heterocycles. The van der Waals surface area contributed by atoms with E-state index in [2.05, 4.69) is 5.48 Å². The van der Waals surface area contributed by atoms with Crippen LogP contribution >= 0.6 is 11.6 Å². The highest BCUT2D eigenvalue weighted by Crippen LogP contribution is 2.25. The molecular formula is C9H6ClN3O2. The van der Waals surface area contributed by atoms with E-state index in [9.17, 15) is 5.11 Å². The van der Waals surface area contributed by atoms with Gasteiger partial charge in [-0.15, -0.1) is 4.94 Å². The fraction of sp³-hybridized carbons (Fsp3) is 0. The Morgan fingerprint density at radius 2 is 2.33 bits per heavy atom. The number of nitrogens with one attached hydrogen (secondary N) is 1. The third kappa shape index (κ3) is 1.68. The molecule has 2 rings (SSSR count). The van der Waals surface area contributed by atoms with Gasteiger partial charge in [0.1, 0.15) is 6.07 Å². The van der Waals surface area contributed by atoms with Crippen molar-refractivity contribution in [2.24, 2.45) is 0 Å². The number of hydroxylamine groups is 2. The number of nitrogens with zero attached hydrogens (tertiary/aromatic N) is 2. The summed E-state index contributed by atoms with van der Waals surface area (Å²) >= 11 is 5.79. The number of halogens is 1. The summed E-state index contributed by atoms with van der Waals surface area (Å²) in [7, 11) is 0. The molecule has 0 unspecified atom stereocenters. The molecule has 0 amide bonds. The second kappa shape index (κ2) is 3.69. The van der Waals surface area contributed by atoms with Crippen molar-refractivity contribution in [1.82, 2.24) is 5.48 Å². The average molecular weight is 224 g/mol. The molecule has 1 aliphatic heterocycles. The first-order chi connectivity index (χ1) is 7.22. The Labute approximate surface area is 90.7 Å². The quantitative estimate of drug-likeness (QED) is 0.761. The molecule has 0 aliphatic carbocycles. The molecule has 6 heteroatoms. The van der Waals surface area contributed by atoms with Crippen molar-refractivity contribution in [2.45, 2.75) is 0 Å². The van der Waals surface area contributed by atoms with Gasteiger partial charge in [-0.25, -0.2) is 5.48 Å². The maximum atomic E-state index is 9.24. The van der Waals surface area contributed by atoms with Gasteiger partial charge in [-0.1, -0.05) is 17.7 Å². The van der Waals surface area contributed by atoms with Gasteiger partial charge in [-0.05, 0) is 18.2 Å². The smallest absolute Gasteiger partial charge is 0.249 e. The Kier molecular flexibility index (Phi) is 2.37. The predicted molar refractivity (Wildman–Crippen MR) is 53.4 cm³/mol. The van der Waals surface area contributed by atoms with Gasteiger partial charge in [0, 0.05) is 5.02 Å². The van der Waals surface area contributed by atoms with E-state index in [4.69, 9.17) is 21.8 Å². The van der Waals surface area contributed by atoms with Crippen molar-refractivity contribution in [2.75, 3.05) is 5.06 Å². The Morgan fingerprint density at radius 3 is 3.00 bits per heavy atom. The molecule has 1 aromatic rings. The molecule has 0 fully saturated rings. The number of anilines is 1. The highest BCUT2D eigenvalue weighted by atomic mass is 35.5. The molecule has 0 aromatic heterocycles. The van der Waals surface area contributed by atoms with Gasteiger partial charge in [-0.3, -0.25) is 0 Å².